The maximum Gasteiger partial charge on any atom is 0.260 e. The summed E-state index contributed by atoms with van der Waals surface area (Å²) in [4.78, 5) is 26.7. The third-order valence-electron chi connectivity index (χ3n) is 5.13. The third kappa shape index (κ3) is 6.51. The van der Waals surface area contributed by atoms with Crippen LogP contribution >= 0.6 is 0 Å². The molecule has 1 aliphatic rings. The first-order valence-corrected chi connectivity index (χ1v) is 10.4. The molecule has 6 nitrogen and oxygen atoms in total. The molecule has 0 spiro atoms. The maximum absolute atomic E-state index is 12.7. The summed E-state index contributed by atoms with van der Waals surface area (Å²) in [6, 6.07) is 7.10. The summed E-state index contributed by atoms with van der Waals surface area (Å²) in [5.74, 6) is 0.499. The first-order chi connectivity index (χ1) is 13.5. The smallest absolute Gasteiger partial charge is 0.260 e. The van der Waals surface area contributed by atoms with E-state index in [1.807, 2.05) is 18.7 Å². The number of benzene rings is 1. The van der Waals surface area contributed by atoms with Crippen LogP contribution in [-0.4, -0.2) is 48.6 Å². The van der Waals surface area contributed by atoms with Gasteiger partial charge in [-0.25, -0.2) is 0 Å². The van der Waals surface area contributed by atoms with E-state index in [0.29, 0.717) is 24.5 Å². The molecular formula is C22H34N2O4. The van der Waals surface area contributed by atoms with Crippen molar-refractivity contribution in [3.05, 3.63) is 24.3 Å². The number of rotatable bonds is 10. The zero-order chi connectivity index (χ0) is 20.4. The predicted molar refractivity (Wildman–Crippen MR) is 111 cm³/mol. The van der Waals surface area contributed by atoms with Gasteiger partial charge in [0.05, 0.1) is 0 Å². The third-order valence-corrected chi connectivity index (χ3v) is 5.13. The highest BCUT2D eigenvalue weighted by Gasteiger charge is 2.33. The monoisotopic (exact) mass is 390 g/mol. The van der Waals surface area contributed by atoms with Crippen LogP contribution in [0.5, 0.6) is 5.75 Å². The molecule has 1 saturated heterocycles. The molecule has 6 heteroatoms. The van der Waals surface area contributed by atoms with E-state index in [-0.39, 0.29) is 18.4 Å². The van der Waals surface area contributed by atoms with Crippen molar-refractivity contribution in [1.82, 2.24) is 4.90 Å². The number of anilines is 1. The van der Waals surface area contributed by atoms with Crippen LogP contribution in [-0.2, 0) is 14.3 Å². The zero-order valence-electron chi connectivity index (χ0n) is 17.5. The number of carbonyl (C=O) groups is 2. The van der Waals surface area contributed by atoms with Crippen molar-refractivity contribution in [2.24, 2.45) is 0 Å². The molecule has 156 valence electrons. The highest BCUT2D eigenvalue weighted by Crippen LogP contribution is 2.23. The molecule has 1 N–H and O–H groups in total. The Bertz CT molecular complexity index is 626. The van der Waals surface area contributed by atoms with Crippen LogP contribution < -0.4 is 10.1 Å². The average molecular weight is 391 g/mol. The minimum absolute atomic E-state index is 0.0282. The van der Waals surface area contributed by atoms with Crippen LogP contribution in [0, 0.1) is 0 Å². The summed E-state index contributed by atoms with van der Waals surface area (Å²) in [5, 5.41) is 2.93. The predicted octanol–water partition coefficient (Wildman–Crippen LogP) is 4.00. The van der Waals surface area contributed by atoms with E-state index in [2.05, 4.69) is 12.2 Å². The molecule has 1 aliphatic heterocycles. The van der Waals surface area contributed by atoms with Crippen molar-refractivity contribution in [2.45, 2.75) is 64.9 Å². The lowest BCUT2D eigenvalue weighted by Gasteiger charge is -2.28. The van der Waals surface area contributed by atoms with Gasteiger partial charge in [-0.1, -0.05) is 19.8 Å². The second kappa shape index (κ2) is 11.1. The number of hydrogen-bond donors (Lipinski definition) is 1. The summed E-state index contributed by atoms with van der Waals surface area (Å²) < 4.78 is 11.3. The summed E-state index contributed by atoms with van der Waals surface area (Å²) in [6.07, 6.45) is 5.96. The Morgan fingerprint density at radius 3 is 2.39 bits per heavy atom. The minimum atomic E-state index is -0.833. The average Bonchev–Trinajstić information content (AvgIpc) is 2.72. The fraction of sp³-hybridized carbons (Fsp3) is 0.636. The summed E-state index contributed by atoms with van der Waals surface area (Å²) in [7, 11) is 0. The van der Waals surface area contributed by atoms with E-state index >= 15 is 0 Å². The number of carbonyl (C=O) groups excluding carboxylic acids is 2. The molecule has 0 aromatic heterocycles. The van der Waals surface area contributed by atoms with Gasteiger partial charge in [-0.05, 0) is 63.8 Å². The van der Waals surface area contributed by atoms with Crippen molar-refractivity contribution in [2.75, 3.05) is 31.6 Å². The van der Waals surface area contributed by atoms with Gasteiger partial charge >= 0.3 is 0 Å². The molecule has 1 atom stereocenters. The van der Waals surface area contributed by atoms with Gasteiger partial charge in [0, 0.05) is 25.4 Å². The lowest BCUT2D eigenvalue weighted by atomic mass is 9.97. The van der Waals surface area contributed by atoms with Gasteiger partial charge in [0.1, 0.15) is 11.4 Å². The van der Waals surface area contributed by atoms with E-state index in [9.17, 15) is 9.59 Å². The van der Waals surface area contributed by atoms with Crippen LogP contribution in [0.4, 0.5) is 5.69 Å². The van der Waals surface area contributed by atoms with Crippen LogP contribution in [0.1, 0.15) is 59.3 Å². The van der Waals surface area contributed by atoms with Gasteiger partial charge in [0.15, 0.2) is 6.61 Å². The van der Waals surface area contributed by atoms with E-state index in [1.54, 1.807) is 24.3 Å². The number of amides is 2. The van der Waals surface area contributed by atoms with Crippen LogP contribution in [0.2, 0.25) is 0 Å². The normalized spacial score (nSPS) is 16.3. The molecule has 1 fully saturated rings. The Hall–Kier alpha value is -2.08. The fourth-order valence-corrected chi connectivity index (χ4v) is 3.36. The molecular weight excluding hydrogens is 356 g/mol. The Labute approximate surface area is 168 Å². The Morgan fingerprint density at radius 2 is 1.79 bits per heavy atom. The lowest BCUT2D eigenvalue weighted by Crippen LogP contribution is -2.42. The SMILES string of the molecule is CCCCC(C)(OCC)C(=O)Nc1ccc(OCC(=O)N2CCCCC2)cc1. The van der Waals surface area contributed by atoms with Crippen molar-refractivity contribution >= 4 is 17.5 Å². The number of hydrogen-bond acceptors (Lipinski definition) is 4. The van der Waals surface area contributed by atoms with Crippen LogP contribution in [0.3, 0.4) is 0 Å². The van der Waals surface area contributed by atoms with Gasteiger partial charge in [-0.15, -0.1) is 0 Å². The zero-order valence-corrected chi connectivity index (χ0v) is 17.5. The van der Waals surface area contributed by atoms with Crippen molar-refractivity contribution in [3.63, 3.8) is 0 Å². The molecule has 1 aromatic rings. The van der Waals surface area contributed by atoms with E-state index in [4.69, 9.17) is 9.47 Å². The molecule has 28 heavy (non-hydrogen) atoms. The number of unbranched alkanes of at least 4 members (excludes halogenated alkanes) is 1. The van der Waals surface area contributed by atoms with Gasteiger partial charge < -0.3 is 19.7 Å². The molecule has 0 aliphatic carbocycles. The first-order valence-electron chi connectivity index (χ1n) is 10.4. The first kappa shape index (κ1) is 22.2. The maximum atomic E-state index is 12.7. The molecule has 0 radical (unpaired) electrons. The molecule has 1 heterocycles. The minimum Gasteiger partial charge on any atom is -0.484 e. The standard InChI is InChI=1S/C22H34N2O4/c1-4-6-14-22(3,28-5-2)21(26)23-18-10-12-19(13-11-18)27-17-20(25)24-15-8-7-9-16-24/h10-13H,4-9,14-17H2,1-3H3,(H,23,26). The molecule has 2 rings (SSSR count). The van der Waals surface area contributed by atoms with E-state index in [0.717, 1.165) is 38.8 Å². The largest absolute Gasteiger partial charge is 0.484 e. The molecule has 0 saturated carbocycles. The van der Waals surface area contributed by atoms with Crippen molar-refractivity contribution in [3.8, 4) is 5.75 Å². The van der Waals surface area contributed by atoms with Gasteiger partial charge in [-0.2, -0.15) is 0 Å². The molecule has 1 unspecified atom stereocenters. The number of nitrogens with one attached hydrogen (secondary N) is 1. The van der Waals surface area contributed by atoms with Gasteiger partial charge in [0.2, 0.25) is 0 Å². The van der Waals surface area contributed by atoms with Crippen molar-refractivity contribution < 1.29 is 19.1 Å². The molecule has 2 amide bonds. The highest BCUT2D eigenvalue weighted by atomic mass is 16.5. The number of likely N-dealkylation sites (tertiary alicyclic amines) is 1. The Morgan fingerprint density at radius 1 is 1.11 bits per heavy atom. The van der Waals surface area contributed by atoms with Crippen LogP contribution in [0.25, 0.3) is 0 Å². The van der Waals surface area contributed by atoms with Crippen molar-refractivity contribution in [1.29, 1.82) is 0 Å². The fourth-order valence-electron chi connectivity index (χ4n) is 3.36. The topological polar surface area (TPSA) is 67.9 Å². The number of piperidine rings is 1. The van der Waals surface area contributed by atoms with Gasteiger partial charge in [-0.3, -0.25) is 9.59 Å². The summed E-state index contributed by atoms with van der Waals surface area (Å²) in [6.45, 7) is 8.02. The molecule has 1 aromatic carbocycles. The molecule has 0 bridgehead atoms. The number of ether oxygens (including phenoxy) is 2. The Balaban J connectivity index is 1.87. The van der Waals surface area contributed by atoms with Gasteiger partial charge in [0.25, 0.3) is 11.8 Å². The quantitative estimate of drug-likeness (QED) is 0.656. The second-order valence-electron chi connectivity index (χ2n) is 7.48. The van der Waals surface area contributed by atoms with E-state index < -0.39 is 5.60 Å². The number of nitrogens with zero attached hydrogens (tertiary/aromatic N) is 1. The second-order valence-corrected chi connectivity index (χ2v) is 7.48. The Kier molecular flexibility index (Phi) is 8.77. The highest BCUT2D eigenvalue weighted by molar-refractivity contribution is 5.97. The van der Waals surface area contributed by atoms with Crippen LogP contribution in [0.15, 0.2) is 24.3 Å². The lowest BCUT2D eigenvalue weighted by molar-refractivity contribution is -0.139. The summed E-state index contributed by atoms with van der Waals surface area (Å²) in [5.41, 5.74) is -0.150. The summed E-state index contributed by atoms with van der Waals surface area (Å²) >= 11 is 0. The van der Waals surface area contributed by atoms with E-state index in [1.165, 1.54) is 6.42 Å².